The van der Waals surface area contributed by atoms with Gasteiger partial charge in [-0.05, 0) is 24.8 Å². The molecular formula is C13H19N3OSi. The molecule has 4 nitrogen and oxygen atoms in total. The van der Waals surface area contributed by atoms with Crippen LogP contribution in [-0.2, 0) is 4.74 Å². The van der Waals surface area contributed by atoms with Crippen molar-refractivity contribution in [3.8, 4) is 0 Å². The quantitative estimate of drug-likeness (QED) is 0.627. The third-order valence-corrected chi connectivity index (χ3v) is 3.52. The fourth-order valence-electron chi connectivity index (χ4n) is 1.71. The molecule has 0 unspecified atom stereocenters. The minimum absolute atomic E-state index is 0.629. The minimum Gasteiger partial charge on any atom is -0.478 e. The summed E-state index contributed by atoms with van der Waals surface area (Å²) in [4.78, 5) is 0. The Bertz CT molecular complexity index is 569. The van der Waals surface area contributed by atoms with Crippen LogP contribution < -0.4 is 0 Å². The molecule has 0 saturated heterocycles. The Morgan fingerprint density at radius 1 is 1.33 bits per heavy atom. The number of aromatic nitrogens is 3. The van der Waals surface area contributed by atoms with Gasteiger partial charge in [0.2, 0.25) is 5.88 Å². The highest BCUT2D eigenvalue weighted by Crippen LogP contribution is 2.18. The fourth-order valence-corrected chi connectivity index (χ4v) is 2.66. The molecule has 0 aliphatic rings. The van der Waals surface area contributed by atoms with Crippen molar-refractivity contribution in [2.45, 2.75) is 26.6 Å². The lowest BCUT2D eigenvalue weighted by Gasteiger charge is -2.15. The van der Waals surface area contributed by atoms with Crippen molar-refractivity contribution in [1.82, 2.24) is 15.0 Å². The van der Waals surface area contributed by atoms with Gasteiger partial charge in [0.25, 0.3) is 0 Å². The smallest absolute Gasteiger partial charge is 0.208 e. The molecule has 1 heterocycles. The van der Waals surface area contributed by atoms with Crippen LogP contribution in [0.1, 0.15) is 6.92 Å². The molecule has 0 spiro atoms. The number of rotatable bonds is 4. The summed E-state index contributed by atoms with van der Waals surface area (Å²) < 4.78 is 7.52. The summed E-state index contributed by atoms with van der Waals surface area (Å²) in [5.41, 5.74) is 4.08. The van der Waals surface area contributed by atoms with E-state index >= 15 is 0 Å². The number of nitrogens with zero attached hydrogens (tertiary/aromatic N) is 3. The number of para-hydroxylation sites is 1. The first-order chi connectivity index (χ1) is 8.51. The molecular weight excluding hydrogens is 242 g/mol. The summed E-state index contributed by atoms with van der Waals surface area (Å²) in [7, 11) is -1.38. The molecule has 0 fully saturated rings. The Kier molecular flexibility index (Phi) is 3.52. The zero-order valence-corrected chi connectivity index (χ0v) is 12.3. The van der Waals surface area contributed by atoms with E-state index in [0.717, 1.165) is 16.9 Å². The summed E-state index contributed by atoms with van der Waals surface area (Å²) in [6, 6.07) is 7.91. The fraction of sp³-hybridized carbons (Fsp3) is 0.385. The Morgan fingerprint density at radius 2 is 2.06 bits per heavy atom. The van der Waals surface area contributed by atoms with Crippen LogP contribution in [0.25, 0.3) is 16.9 Å². The number of hydrogen-bond donors (Lipinski definition) is 0. The molecule has 18 heavy (non-hydrogen) atoms. The third kappa shape index (κ3) is 2.79. The average molecular weight is 261 g/mol. The Morgan fingerprint density at radius 3 is 2.72 bits per heavy atom. The molecule has 0 aliphatic carbocycles. The van der Waals surface area contributed by atoms with Crippen LogP contribution in [0.5, 0.6) is 0 Å². The van der Waals surface area contributed by atoms with Crippen LogP contribution in [0.15, 0.2) is 30.0 Å². The highest BCUT2D eigenvalue weighted by atomic mass is 28.3. The molecule has 0 aliphatic heterocycles. The number of hydrogen-bond acceptors (Lipinski definition) is 3. The lowest BCUT2D eigenvalue weighted by Crippen LogP contribution is -2.19. The third-order valence-electron chi connectivity index (χ3n) is 2.41. The number of benzene rings is 1. The molecule has 0 amide bonds. The van der Waals surface area contributed by atoms with Gasteiger partial charge in [-0.15, -0.1) is 5.10 Å². The molecule has 0 saturated carbocycles. The van der Waals surface area contributed by atoms with Crippen LogP contribution >= 0.6 is 0 Å². The number of fused-ring (bicyclic) bond motifs is 1. The lowest BCUT2D eigenvalue weighted by molar-refractivity contribution is 0.273. The van der Waals surface area contributed by atoms with Crippen molar-refractivity contribution < 1.29 is 4.74 Å². The summed E-state index contributed by atoms with van der Waals surface area (Å²) in [6.45, 7) is 9.42. The van der Waals surface area contributed by atoms with Gasteiger partial charge >= 0.3 is 0 Å². The van der Waals surface area contributed by atoms with E-state index in [4.69, 9.17) is 4.74 Å². The van der Waals surface area contributed by atoms with Gasteiger partial charge in [0.15, 0.2) is 0 Å². The minimum atomic E-state index is -1.38. The molecule has 5 heteroatoms. The monoisotopic (exact) mass is 261 g/mol. The van der Waals surface area contributed by atoms with Crippen molar-refractivity contribution in [3.05, 3.63) is 30.0 Å². The van der Waals surface area contributed by atoms with Crippen molar-refractivity contribution in [2.75, 3.05) is 6.61 Å². The second-order valence-electron chi connectivity index (χ2n) is 5.27. The molecule has 0 atom stereocenters. The van der Waals surface area contributed by atoms with Gasteiger partial charge in [0.05, 0.1) is 20.2 Å². The van der Waals surface area contributed by atoms with E-state index in [2.05, 4.69) is 35.7 Å². The van der Waals surface area contributed by atoms with Crippen molar-refractivity contribution in [1.29, 1.82) is 0 Å². The molecule has 2 aromatic rings. The molecule has 0 radical (unpaired) electrons. The maximum absolute atomic E-state index is 5.73. The van der Waals surface area contributed by atoms with Crippen molar-refractivity contribution >= 4 is 25.0 Å². The predicted molar refractivity (Wildman–Crippen MR) is 76.8 cm³/mol. The highest BCUT2D eigenvalue weighted by molar-refractivity contribution is 6.81. The van der Waals surface area contributed by atoms with Gasteiger partial charge in [0, 0.05) is 0 Å². The molecule has 96 valence electrons. The molecule has 0 bridgehead atoms. The van der Waals surface area contributed by atoms with Crippen LogP contribution in [0.2, 0.25) is 19.6 Å². The first-order valence-corrected chi connectivity index (χ1v) is 9.75. The van der Waals surface area contributed by atoms with E-state index in [0.29, 0.717) is 6.61 Å². The molecule has 1 aromatic heterocycles. The van der Waals surface area contributed by atoms with E-state index in [1.165, 1.54) is 0 Å². The molecule has 0 N–H and O–H groups in total. The summed E-state index contributed by atoms with van der Waals surface area (Å²) in [6.07, 6.45) is 0. The maximum atomic E-state index is 5.73. The van der Waals surface area contributed by atoms with Crippen LogP contribution in [-0.4, -0.2) is 29.7 Å². The first kappa shape index (κ1) is 12.8. The Hall–Kier alpha value is -1.62. The van der Waals surface area contributed by atoms with Gasteiger partial charge in [-0.3, -0.25) is 0 Å². The zero-order chi connectivity index (χ0) is 13.2. The van der Waals surface area contributed by atoms with Gasteiger partial charge in [0.1, 0.15) is 5.52 Å². The van der Waals surface area contributed by atoms with Gasteiger partial charge in [-0.2, -0.15) is 4.68 Å². The molecule has 1 aromatic carbocycles. The van der Waals surface area contributed by atoms with Crippen LogP contribution in [0, 0.1) is 0 Å². The lowest BCUT2D eigenvalue weighted by atomic mass is 10.3. The van der Waals surface area contributed by atoms with E-state index in [1.807, 2.05) is 31.2 Å². The molecule has 2 rings (SSSR count). The zero-order valence-electron chi connectivity index (χ0n) is 11.3. The Balaban J connectivity index is 2.52. The second-order valence-corrected chi connectivity index (χ2v) is 10.3. The number of ether oxygens (including phenoxy) is 1. The summed E-state index contributed by atoms with van der Waals surface area (Å²) in [5, 5.41) is 8.35. The normalized spacial score (nSPS) is 13.0. The van der Waals surface area contributed by atoms with E-state index < -0.39 is 8.07 Å². The van der Waals surface area contributed by atoms with Gasteiger partial charge < -0.3 is 4.74 Å². The van der Waals surface area contributed by atoms with Crippen LogP contribution in [0.4, 0.5) is 0 Å². The van der Waals surface area contributed by atoms with Crippen molar-refractivity contribution in [2.24, 2.45) is 0 Å². The highest BCUT2D eigenvalue weighted by Gasteiger charge is 2.15. The van der Waals surface area contributed by atoms with E-state index in [1.54, 1.807) is 4.68 Å². The SMILES string of the molecule is CCOC(=C[Si](C)(C)C)n1nnc2ccccc21. The van der Waals surface area contributed by atoms with Gasteiger partial charge in [-0.1, -0.05) is 37.0 Å². The topological polar surface area (TPSA) is 39.9 Å². The predicted octanol–water partition coefficient (Wildman–Crippen LogP) is 3.14. The van der Waals surface area contributed by atoms with Crippen LogP contribution in [0.3, 0.4) is 0 Å². The van der Waals surface area contributed by atoms with Gasteiger partial charge in [-0.25, -0.2) is 0 Å². The Labute approximate surface area is 108 Å². The summed E-state index contributed by atoms with van der Waals surface area (Å²) in [5.74, 6) is 0.797. The van der Waals surface area contributed by atoms with E-state index in [-0.39, 0.29) is 0 Å². The standard InChI is InChI=1S/C13H19N3OSi/c1-5-17-13(10-18(2,3)4)16-12-9-7-6-8-11(12)14-15-16/h6-10H,5H2,1-4H3. The largest absolute Gasteiger partial charge is 0.478 e. The van der Waals surface area contributed by atoms with Crippen molar-refractivity contribution in [3.63, 3.8) is 0 Å². The summed E-state index contributed by atoms with van der Waals surface area (Å²) >= 11 is 0. The maximum Gasteiger partial charge on any atom is 0.208 e. The van der Waals surface area contributed by atoms with E-state index in [9.17, 15) is 0 Å². The first-order valence-electron chi connectivity index (χ1n) is 6.18. The second kappa shape index (κ2) is 4.94. The average Bonchev–Trinajstić information content (AvgIpc) is 2.70.